The Kier molecular flexibility index (Phi) is 10.6. The number of nitriles is 1. The lowest BCUT2D eigenvalue weighted by Gasteiger charge is -2.37. The van der Waals surface area contributed by atoms with Gasteiger partial charge in [-0.1, -0.05) is 19.1 Å². The van der Waals surface area contributed by atoms with Crippen LogP contribution in [0.25, 0.3) is 11.1 Å². The van der Waals surface area contributed by atoms with Gasteiger partial charge in [0.2, 0.25) is 5.91 Å². The van der Waals surface area contributed by atoms with Gasteiger partial charge in [-0.3, -0.25) is 14.5 Å². The van der Waals surface area contributed by atoms with E-state index in [2.05, 4.69) is 52.5 Å². The molecular formula is C35H47N5O4. The second-order valence-electron chi connectivity index (χ2n) is 12.6. The second-order valence-corrected chi connectivity index (χ2v) is 12.6. The molecule has 3 aliphatic rings. The van der Waals surface area contributed by atoms with Gasteiger partial charge in [-0.15, -0.1) is 0 Å². The van der Waals surface area contributed by atoms with Crippen molar-refractivity contribution in [2.45, 2.75) is 65.6 Å². The van der Waals surface area contributed by atoms with Gasteiger partial charge in [0.05, 0.1) is 30.8 Å². The molecule has 0 saturated carbocycles. The third-order valence-corrected chi connectivity index (χ3v) is 9.59. The first-order valence-electron chi connectivity index (χ1n) is 16.2. The third kappa shape index (κ3) is 7.26. The minimum absolute atomic E-state index is 0.000545. The smallest absolute Gasteiger partial charge is 0.251 e. The molecule has 9 nitrogen and oxygen atoms in total. The lowest BCUT2D eigenvalue weighted by atomic mass is 9.84. The van der Waals surface area contributed by atoms with E-state index in [1.54, 1.807) is 0 Å². The molecule has 0 aliphatic carbocycles. The summed E-state index contributed by atoms with van der Waals surface area (Å²) in [4.78, 5) is 31.3. The average Bonchev–Trinajstić information content (AvgIpc) is 3.03. The maximum Gasteiger partial charge on any atom is 0.251 e. The zero-order chi connectivity index (χ0) is 31.2. The first-order chi connectivity index (χ1) is 21.3. The van der Waals surface area contributed by atoms with Crippen LogP contribution in [0.15, 0.2) is 30.3 Å². The van der Waals surface area contributed by atoms with Crippen LogP contribution in [0.4, 0.5) is 5.69 Å². The normalized spacial score (nSPS) is 23.1. The van der Waals surface area contributed by atoms with Crippen LogP contribution in [0.2, 0.25) is 0 Å². The Labute approximate surface area is 261 Å². The number of ether oxygens (including phenoxy) is 2. The van der Waals surface area contributed by atoms with E-state index < -0.39 is 0 Å². The summed E-state index contributed by atoms with van der Waals surface area (Å²) in [6, 6.07) is 13.0. The molecule has 0 spiro atoms. The molecule has 0 radical (unpaired) electrons. The number of amides is 2. The van der Waals surface area contributed by atoms with Crippen LogP contribution in [0.5, 0.6) is 0 Å². The van der Waals surface area contributed by atoms with Gasteiger partial charge in [0, 0.05) is 69.3 Å². The molecule has 3 unspecified atom stereocenters. The van der Waals surface area contributed by atoms with Crippen molar-refractivity contribution < 1.29 is 19.1 Å². The largest absolute Gasteiger partial charge is 0.381 e. The summed E-state index contributed by atoms with van der Waals surface area (Å²) in [7, 11) is 0. The molecule has 9 heteroatoms. The number of carbonyl (C=O) groups is 2. The summed E-state index contributed by atoms with van der Waals surface area (Å²) in [5.41, 5.74) is 5.97. The Balaban J connectivity index is 1.48. The molecule has 3 heterocycles. The number of morpholine rings is 1. The van der Waals surface area contributed by atoms with Crippen molar-refractivity contribution in [1.82, 2.24) is 15.5 Å². The fraction of sp³-hybridized carbons (Fsp3) is 0.571. The predicted molar refractivity (Wildman–Crippen MR) is 171 cm³/mol. The maximum absolute atomic E-state index is 13.9. The molecule has 2 amide bonds. The number of carbonyl (C=O) groups excluding carboxylic acids is 2. The number of anilines is 1. The fourth-order valence-electron chi connectivity index (χ4n) is 7.00. The average molecular weight is 602 g/mol. The Morgan fingerprint density at radius 1 is 1.09 bits per heavy atom. The molecular weight excluding hydrogens is 554 g/mol. The molecule has 44 heavy (non-hydrogen) atoms. The van der Waals surface area contributed by atoms with Crippen molar-refractivity contribution in [3.63, 3.8) is 0 Å². The molecule has 2 N–H and O–H groups in total. The van der Waals surface area contributed by atoms with Crippen molar-refractivity contribution in [2.24, 2.45) is 11.8 Å². The summed E-state index contributed by atoms with van der Waals surface area (Å²) >= 11 is 0. The highest BCUT2D eigenvalue weighted by molar-refractivity contribution is 5.99. The number of rotatable bonds is 9. The minimum atomic E-state index is -0.260. The molecule has 0 bridgehead atoms. The fourth-order valence-corrected chi connectivity index (χ4v) is 7.00. The van der Waals surface area contributed by atoms with Crippen LogP contribution in [-0.2, 0) is 20.8 Å². The number of piperidine rings is 1. The van der Waals surface area contributed by atoms with Crippen molar-refractivity contribution in [3.05, 3.63) is 52.6 Å². The highest BCUT2D eigenvalue weighted by atomic mass is 16.5. The van der Waals surface area contributed by atoms with E-state index in [9.17, 15) is 14.9 Å². The molecule has 236 valence electrons. The third-order valence-electron chi connectivity index (χ3n) is 9.59. The number of nitrogens with zero attached hydrogens (tertiary/aromatic N) is 3. The van der Waals surface area contributed by atoms with Gasteiger partial charge in [0.1, 0.15) is 0 Å². The van der Waals surface area contributed by atoms with Crippen molar-refractivity contribution >= 4 is 17.5 Å². The van der Waals surface area contributed by atoms with Gasteiger partial charge in [-0.05, 0) is 86.4 Å². The van der Waals surface area contributed by atoms with Crippen LogP contribution in [-0.4, -0.2) is 81.4 Å². The van der Waals surface area contributed by atoms with Gasteiger partial charge in [-0.25, -0.2) is 0 Å². The van der Waals surface area contributed by atoms with Crippen molar-refractivity contribution in [1.29, 1.82) is 5.26 Å². The summed E-state index contributed by atoms with van der Waals surface area (Å²) in [5, 5.41) is 16.2. The quantitative estimate of drug-likeness (QED) is 0.442. The SMILES string of the molecule is CCN(c1cc(-c2ccc(CN3CCOCC3)c(C#N)c2)cc(C(=O)NCC2C(=O)NC(C)CC2C)c1C)C1CCOCC1. The molecule has 3 atom stereocenters. The van der Waals surface area contributed by atoms with E-state index in [1.807, 2.05) is 32.0 Å². The van der Waals surface area contributed by atoms with Crippen LogP contribution in [0, 0.1) is 30.1 Å². The Hall–Kier alpha value is -3.45. The summed E-state index contributed by atoms with van der Waals surface area (Å²) in [6.07, 6.45) is 2.76. The molecule has 3 aliphatic heterocycles. The topological polar surface area (TPSA) is 107 Å². The van der Waals surface area contributed by atoms with Crippen LogP contribution in [0.1, 0.15) is 67.1 Å². The monoisotopic (exact) mass is 601 g/mol. The Bertz CT molecular complexity index is 1380. The van der Waals surface area contributed by atoms with Crippen molar-refractivity contribution in [3.8, 4) is 17.2 Å². The lowest BCUT2D eigenvalue weighted by Crippen LogP contribution is -2.50. The highest BCUT2D eigenvalue weighted by Gasteiger charge is 2.33. The van der Waals surface area contributed by atoms with Gasteiger partial charge in [-0.2, -0.15) is 5.26 Å². The second kappa shape index (κ2) is 14.6. The molecule has 2 aromatic carbocycles. The Morgan fingerprint density at radius 3 is 2.50 bits per heavy atom. The number of benzene rings is 2. The first kappa shape index (κ1) is 32.0. The zero-order valence-corrected chi connectivity index (χ0v) is 26.7. The van der Waals surface area contributed by atoms with Gasteiger partial charge in [0.15, 0.2) is 0 Å². The standard InChI is InChI=1S/C35H47N5O4/c1-5-40(30-8-12-43-13-9-30)33-19-28(26-6-7-27(29(17-26)20-36)22-39-10-14-44-15-11-39)18-31(25(33)4)34(41)37-21-32-23(2)16-24(3)38-35(32)42/h6-7,17-19,23-24,30,32H,5,8-16,21-22H2,1-4H3,(H,37,41)(H,38,42). The number of nitrogens with one attached hydrogen (secondary N) is 2. The number of hydrogen-bond donors (Lipinski definition) is 2. The predicted octanol–water partition coefficient (Wildman–Crippen LogP) is 4.26. The molecule has 3 fully saturated rings. The molecule has 2 aromatic rings. The first-order valence-corrected chi connectivity index (χ1v) is 16.2. The van der Waals surface area contributed by atoms with Gasteiger partial charge >= 0.3 is 0 Å². The van der Waals surface area contributed by atoms with E-state index in [1.165, 1.54) is 0 Å². The molecule has 0 aromatic heterocycles. The van der Waals surface area contributed by atoms with E-state index in [0.717, 1.165) is 80.1 Å². The van der Waals surface area contributed by atoms with E-state index in [0.29, 0.717) is 43.5 Å². The van der Waals surface area contributed by atoms with E-state index in [4.69, 9.17) is 9.47 Å². The van der Waals surface area contributed by atoms with Crippen molar-refractivity contribution in [2.75, 3.05) is 57.5 Å². The summed E-state index contributed by atoms with van der Waals surface area (Å²) in [6.45, 7) is 14.6. The molecule has 5 rings (SSSR count). The lowest BCUT2D eigenvalue weighted by molar-refractivity contribution is -0.129. The summed E-state index contributed by atoms with van der Waals surface area (Å²) in [5.74, 6) is -0.256. The zero-order valence-electron chi connectivity index (χ0n) is 26.7. The van der Waals surface area contributed by atoms with Crippen LogP contribution < -0.4 is 15.5 Å². The summed E-state index contributed by atoms with van der Waals surface area (Å²) < 4.78 is 11.1. The maximum atomic E-state index is 13.9. The molecule has 3 saturated heterocycles. The highest BCUT2D eigenvalue weighted by Crippen LogP contribution is 2.35. The van der Waals surface area contributed by atoms with Gasteiger partial charge in [0.25, 0.3) is 5.91 Å². The minimum Gasteiger partial charge on any atom is -0.381 e. The van der Waals surface area contributed by atoms with Gasteiger partial charge < -0.3 is 25.0 Å². The van der Waals surface area contributed by atoms with Crippen LogP contribution >= 0.6 is 0 Å². The van der Waals surface area contributed by atoms with E-state index >= 15 is 0 Å². The van der Waals surface area contributed by atoms with E-state index in [-0.39, 0.29) is 29.7 Å². The Morgan fingerprint density at radius 2 is 1.82 bits per heavy atom. The number of hydrogen-bond acceptors (Lipinski definition) is 7. The van der Waals surface area contributed by atoms with Crippen LogP contribution in [0.3, 0.4) is 0 Å².